The summed E-state index contributed by atoms with van der Waals surface area (Å²) in [6.45, 7) is -1.38. The fourth-order valence-electron chi connectivity index (χ4n) is 3.55. The number of nitrogens with zero attached hydrogens (tertiary/aromatic N) is 2. The molecule has 2 N–H and O–H groups in total. The van der Waals surface area contributed by atoms with E-state index in [1.54, 1.807) is 30.3 Å². The molecule has 1 aliphatic heterocycles. The standard InChI is InChI=1S/C23H20F4N4O3/c24-17-4-6-18(7-5-17)31-19(10-20(30-31)29-22(33)16-9-21(32)28-11-16)15-3-1-2-14(8-15)12-34-13-23(25,26)27/h1-8,10,16H,9,11-13H2,(H,28,32)(H,29,30,33). The average molecular weight is 476 g/mol. The number of hydrogen-bond donors (Lipinski definition) is 2. The Bertz CT molecular complexity index is 1190. The molecular formula is C23H20F4N4O3. The van der Waals surface area contributed by atoms with Crippen molar-refractivity contribution in [3.8, 4) is 16.9 Å². The number of amides is 2. The number of carbonyl (C=O) groups is 2. The van der Waals surface area contributed by atoms with Gasteiger partial charge in [-0.15, -0.1) is 5.10 Å². The summed E-state index contributed by atoms with van der Waals surface area (Å²) >= 11 is 0. The Labute approximate surface area is 191 Å². The maximum atomic E-state index is 13.4. The first kappa shape index (κ1) is 23.4. The third kappa shape index (κ3) is 5.79. The molecule has 1 aromatic heterocycles. The quantitative estimate of drug-likeness (QED) is 0.508. The molecule has 0 saturated carbocycles. The van der Waals surface area contributed by atoms with Gasteiger partial charge in [-0.25, -0.2) is 9.07 Å². The van der Waals surface area contributed by atoms with Crippen LogP contribution in [-0.2, 0) is 20.9 Å². The zero-order valence-electron chi connectivity index (χ0n) is 17.7. The molecular weight excluding hydrogens is 456 g/mol. The number of alkyl halides is 3. The van der Waals surface area contributed by atoms with Crippen LogP contribution < -0.4 is 10.6 Å². The van der Waals surface area contributed by atoms with Crippen LogP contribution in [0.1, 0.15) is 12.0 Å². The number of halogens is 4. The minimum atomic E-state index is -4.43. The molecule has 2 aromatic carbocycles. The maximum Gasteiger partial charge on any atom is 0.411 e. The van der Waals surface area contributed by atoms with Crippen molar-refractivity contribution in [1.82, 2.24) is 15.1 Å². The predicted molar refractivity (Wildman–Crippen MR) is 114 cm³/mol. The molecule has 4 rings (SSSR count). The van der Waals surface area contributed by atoms with E-state index in [1.807, 2.05) is 0 Å². The molecule has 1 saturated heterocycles. The van der Waals surface area contributed by atoms with Crippen molar-refractivity contribution in [2.24, 2.45) is 5.92 Å². The van der Waals surface area contributed by atoms with E-state index in [1.165, 1.54) is 28.9 Å². The van der Waals surface area contributed by atoms with E-state index in [0.29, 0.717) is 22.5 Å². The largest absolute Gasteiger partial charge is 0.411 e. The van der Waals surface area contributed by atoms with Gasteiger partial charge in [-0.2, -0.15) is 13.2 Å². The third-order valence-electron chi connectivity index (χ3n) is 5.14. The zero-order chi connectivity index (χ0) is 24.3. The smallest absolute Gasteiger partial charge is 0.367 e. The Hall–Kier alpha value is -3.73. The van der Waals surface area contributed by atoms with Crippen LogP contribution in [0.3, 0.4) is 0 Å². The lowest BCUT2D eigenvalue weighted by atomic mass is 10.1. The average Bonchev–Trinajstić information content (AvgIpc) is 3.40. The van der Waals surface area contributed by atoms with E-state index < -0.39 is 24.5 Å². The lowest BCUT2D eigenvalue weighted by molar-refractivity contribution is -0.176. The van der Waals surface area contributed by atoms with Crippen molar-refractivity contribution >= 4 is 17.6 Å². The van der Waals surface area contributed by atoms with Crippen LogP contribution in [0.15, 0.2) is 54.6 Å². The summed E-state index contributed by atoms with van der Waals surface area (Å²) in [7, 11) is 0. The van der Waals surface area contributed by atoms with Crippen molar-refractivity contribution in [2.45, 2.75) is 19.2 Å². The summed E-state index contributed by atoms with van der Waals surface area (Å²) in [6, 6.07) is 13.8. The highest BCUT2D eigenvalue weighted by atomic mass is 19.4. The Balaban J connectivity index is 1.62. The number of carbonyl (C=O) groups excluding carboxylic acids is 2. The van der Waals surface area contributed by atoms with Gasteiger partial charge >= 0.3 is 6.18 Å². The lowest BCUT2D eigenvalue weighted by Crippen LogP contribution is -2.24. The van der Waals surface area contributed by atoms with Crippen molar-refractivity contribution < 1.29 is 31.9 Å². The second-order valence-corrected chi connectivity index (χ2v) is 7.81. The normalized spacial score (nSPS) is 15.9. The van der Waals surface area contributed by atoms with Gasteiger partial charge in [0.1, 0.15) is 12.4 Å². The Morgan fingerprint density at radius 3 is 2.62 bits per heavy atom. The summed E-state index contributed by atoms with van der Waals surface area (Å²) in [5.74, 6) is -1.33. The van der Waals surface area contributed by atoms with Gasteiger partial charge in [0.25, 0.3) is 0 Å². The SMILES string of the molecule is O=C1CC(C(=O)Nc2cc(-c3cccc(COCC(F)(F)F)c3)n(-c3ccc(F)cc3)n2)CN1. The number of anilines is 1. The van der Waals surface area contributed by atoms with Gasteiger partial charge in [0.15, 0.2) is 5.82 Å². The van der Waals surface area contributed by atoms with Gasteiger partial charge in [0.2, 0.25) is 11.8 Å². The summed E-state index contributed by atoms with van der Waals surface area (Å²) in [5, 5.41) is 9.71. The second-order valence-electron chi connectivity index (χ2n) is 7.81. The zero-order valence-corrected chi connectivity index (χ0v) is 17.7. The van der Waals surface area contributed by atoms with Crippen LogP contribution in [0.5, 0.6) is 0 Å². The molecule has 0 bridgehead atoms. The summed E-state index contributed by atoms with van der Waals surface area (Å²) in [6.07, 6.45) is -4.34. The van der Waals surface area contributed by atoms with Crippen LogP contribution in [0.2, 0.25) is 0 Å². The molecule has 1 unspecified atom stereocenters. The highest BCUT2D eigenvalue weighted by Gasteiger charge is 2.29. The van der Waals surface area contributed by atoms with E-state index in [-0.39, 0.29) is 37.2 Å². The lowest BCUT2D eigenvalue weighted by Gasteiger charge is -2.10. The van der Waals surface area contributed by atoms with Crippen LogP contribution in [-0.4, -0.2) is 40.9 Å². The van der Waals surface area contributed by atoms with Gasteiger partial charge in [-0.1, -0.05) is 18.2 Å². The van der Waals surface area contributed by atoms with E-state index in [2.05, 4.69) is 15.7 Å². The minimum Gasteiger partial charge on any atom is -0.367 e. The highest BCUT2D eigenvalue weighted by molar-refractivity contribution is 5.97. The fourth-order valence-corrected chi connectivity index (χ4v) is 3.55. The molecule has 7 nitrogen and oxygen atoms in total. The summed E-state index contributed by atoms with van der Waals surface area (Å²) in [5.41, 5.74) is 2.13. The summed E-state index contributed by atoms with van der Waals surface area (Å²) in [4.78, 5) is 24.0. The number of benzene rings is 2. The first-order valence-corrected chi connectivity index (χ1v) is 10.4. The minimum absolute atomic E-state index is 0.0807. The number of nitrogens with one attached hydrogen (secondary N) is 2. The van der Waals surface area contributed by atoms with E-state index >= 15 is 0 Å². The highest BCUT2D eigenvalue weighted by Crippen LogP contribution is 2.28. The van der Waals surface area contributed by atoms with Gasteiger partial charge < -0.3 is 15.4 Å². The fraction of sp³-hybridized carbons (Fsp3) is 0.261. The molecule has 0 spiro atoms. The molecule has 1 fully saturated rings. The molecule has 2 heterocycles. The maximum absolute atomic E-state index is 13.4. The molecule has 2 amide bonds. The number of ether oxygens (including phenoxy) is 1. The van der Waals surface area contributed by atoms with E-state index in [4.69, 9.17) is 4.74 Å². The van der Waals surface area contributed by atoms with Crippen LogP contribution in [0.4, 0.5) is 23.4 Å². The molecule has 0 aliphatic carbocycles. The van der Waals surface area contributed by atoms with Crippen LogP contribution >= 0.6 is 0 Å². The molecule has 0 radical (unpaired) electrons. The Morgan fingerprint density at radius 2 is 1.94 bits per heavy atom. The number of aromatic nitrogens is 2. The van der Waals surface area contributed by atoms with Crippen molar-refractivity contribution in [1.29, 1.82) is 0 Å². The van der Waals surface area contributed by atoms with E-state index in [9.17, 15) is 27.2 Å². The molecule has 1 aliphatic rings. The van der Waals surface area contributed by atoms with Gasteiger partial charge in [-0.3, -0.25) is 9.59 Å². The second kappa shape index (κ2) is 9.64. The Morgan fingerprint density at radius 1 is 1.18 bits per heavy atom. The molecule has 11 heteroatoms. The van der Waals surface area contributed by atoms with Crippen molar-refractivity contribution in [3.63, 3.8) is 0 Å². The first-order valence-electron chi connectivity index (χ1n) is 10.4. The number of rotatable bonds is 7. The van der Waals surface area contributed by atoms with E-state index in [0.717, 1.165) is 0 Å². The molecule has 3 aromatic rings. The predicted octanol–water partition coefficient (Wildman–Crippen LogP) is 3.83. The van der Waals surface area contributed by atoms with Gasteiger partial charge in [0, 0.05) is 24.6 Å². The summed E-state index contributed by atoms with van der Waals surface area (Å²) < 4.78 is 56.9. The Kier molecular flexibility index (Phi) is 6.64. The van der Waals surface area contributed by atoms with Crippen LogP contribution in [0.25, 0.3) is 16.9 Å². The molecule has 178 valence electrons. The topological polar surface area (TPSA) is 85.2 Å². The first-order chi connectivity index (χ1) is 16.2. The van der Waals surface area contributed by atoms with Crippen molar-refractivity contribution in [2.75, 3.05) is 18.5 Å². The van der Waals surface area contributed by atoms with Crippen molar-refractivity contribution in [3.05, 3.63) is 66.0 Å². The number of hydrogen-bond acceptors (Lipinski definition) is 4. The van der Waals surface area contributed by atoms with Gasteiger partial charge in [0.05, 0.1) is 23.9 Å². The van der Waals surface area contributed by atoms with Gasteiger partial charge in [-0.05, 0) is 35.9 Å². The molecule has 1 atom stereocenters. The monoisotopic (exact) mass is 476 g/mol. The van der Waals surface area contributed by atoms with Crippen LogP contribution in [0, 0.1) is 11.7 Å². The molecule has 34 heavy (non-hydrogen) atoms. The third-order valence-corrected chi connectivity index (χ3v) is 5.14.